The maximum atomic E-state index is 5.56. The topological polar surface area (TPSA) is 55.9 Å². The number of hydrogen-bond acceptors (Lipinski definition) is 4. The van der Waals surface area contributed by atoms with E-state index >= 15 is 0 Å². The van der Waals surface area contributed by atoms with Gasteiger partial charge in [0, 0.05) is 28.7 Å². The summed E-state index contributed by atoms with van der Waals surface area (Å²) in [5, 5.41) is 4.09. The van der Waals surface area contributed by atoms with E-state index in [1.54, 1.807) is 17.7 Å². The molecule has 2 rings (SSSR count). The smallest absolute Gasteiger partial charge is 0.0947 e. The van der Waals surface area contributed by atoms with E-state index in [2.05, 4.69) is 31.7 Å². The molecule has 4 nitrogen and oxygen atoms in total. The first-order valence-corrected chi connectivity index (χ1v) is 6.11. The van der Waals surface area contributed by atoms with Crippen LogP contribution in [0.5, 0.6) is 0 Å². The van der Waals surface area contributed by atoms with Crippen LogP contribution in [0.4, 0.5) is 0 Å². The van der Waals surface area contributed by atoms with Crippen LogP contribution in [0.25, 0.3) is 0 Å². The van der Waals surface area contributed by atoms with Gasteiger partial charge in [0.05, 0.1) is 18.1 Å². The van der Waals surface area contributed by atoms with Gasteiger partial charge < -0.3 is 4.57 Å². The molecule has 0 fully saturated rings. The van der Waals surface area contributed by atoms with Crippen molar-refractivity contribution in [3.05, 3.63) is 39.0 Å². The zero-order valence-corrected chi connectivity index (χ0v) is 10.5. The molecule has 6 heteroatoms. The molecule has 15 heavy (non-hydrogen) atoms. The molecule has 2 aromatic rings. The lowest BCUT2D eigenvalue weighted by Crippen LogP contribution is -2.29. The van der Waals surface area contributed by atoms with E-state index in [0.717, 1.165) is 15.7 Å². The predicted octanol–water partition coefficient (Wildman–Crippen LogP) is 1.80. The minimum absolute atomic E-state index is 0.0631. The lowest BCUT2D eigenvalue weighted by Gasteiger charge is -2.12. The van der Waals surface area contributed by atoms with E-state index in [4.69, 9.17) is 5.84 Å². The number of rotatable bonds is 3. The summed E-state index contributed by atoms with van der Waals surface area (Å²) in [5.41, 5.74) is 4.80. The Morgan fingerprint density at radius 3 is 2.87 bits per heavy atom. The second-order valence-electron chi connectivity index (χ2n) is 3.24. The van der Waals surface area contributed by atoms with Crippen LogP contribution in [-0.4, -0.2) is 9.55 Å². The zero-order valence-electron chi connectivity index (χ0n) is 8.14. The summed E-state index contributed by atoms with van der Waals surface area (Å²) in [6.45, 7) is 0. The largest absolute Gasteiger partial charge is 0.340 e. The van der Waals surface area contributed by atoms with Crippen LogP contribution in [0.3, 0.4) is 0 Å². The second-order valence-corrected chi connectivity index (χ2v) is 4.84. The van der Waals surface area contributed by atoms with Crippen molar-refractivity contribution in [1.29, 1.82) is 0 Å². The maximum absolute atomic E-state index is 5.56. The molecule has 0 saturated carbocycles. The minimum atomic E-state index is -0.0631. The van der Waals surface area contributed by atoms with Gasteiger partial charge in [-0.2, -0.15) is 11.3 Å². The number of hydrazine groups is 1. The van der Waals surface area contributed by atoms with Crippen LogP contribution >= 0.6 is 27.3 Å². The molecule has 80 valence electrons. The van der Waals surface area contributed by atoms with Crippen molar-refractivity contribution >= 4 is 27.3 Å². The molecule has 0 aromatic carbocycles. The van der Waals surface area contributed by atoms with Gasteiger partial charge in [0.1, 0.15) is 0 Å². The molecule has 1 unspecified atom stereocenters. The van der Waals surface area contributed by atoms with Crippen molar-refractivity contribution < 1.29 is 0 Å². The molecule has 0 aliphatic rings. The summed E-state index contributed by atoms with van der Waals surface area (Å²) in [5.74, 6) is 5.56. The quantitative estimate of drug-likeness (QED) is 0.668. The lowest BCUT2D eigenvalue weighted by molar-refractivity contribution is 0.623. The first-order chi connectivity index (χ1) is 7.22. The zero-order chi connectivity index (χ0) is 10.8. The number of thiophene rings is 1. The fraction of sp³-hybridized carbons (Fsp3) is 0.222. The average molecular weight is 287 g/mol. The molecule has 1 atom stereocenters. The van der Waals surface area contributed by atoms with Crippen LogP contribution in [0.15, 0.2) is 27.8 Å². The highest BCUT2D eigenvalue weighted by atomic mass is 79.9. The Hall–Kier alpha value is -0.690. The van der Waals surface area contributed by atoms with Gasteiger partial charge in [-0.25, -0.2) is 10.4 Å². The molecule has 0 aliphatic carbocycles. The minimum Gasteiger partial charge on any atom is -0.340 e. The van der Waals surface area contributed by atoms with Gasteiger partial charge in [0.15, 0.2) is 0 Å². The third kappa shape index (κ3) is 2.12. The molecule has 0 saturated heterocycles. The predicted molar refractivity (Wildman–Crippen MR) is 64.4 cm³/mol. The number of hydrogen-bond donors (Lipinski definition) is 2. The van der Waals surface area contributed by atoms with Gasteiger partial charge >= 0.3 is 0 Å². The number of nitrogens with two attached hydrogens (primary N) is 1. The monoisotopic (exact) mass is 286 g/mol. The van der Waals surface area contributed by atoms with Crippen LogP contribution < -0.4 is 11.3 Å². The van der Waals surface area contributed by atoms with Crippen LogP contribution in [0.1, 0.15) is 17.3 Å². The summed E-state index contributed by atoms with van der Waals surface area (Å²) in [6, 6.07) is -0.0631. The molecule has 2 aromatic heterocycles. The normalized spacial score (nSPS) is 13.0. The fourth-order valence-electron chi connectivity index (χ4n) is 1.41. The average Bonchev–Trinajstić information content (AvgIpc) is 2.79. The molecule has 0 bridgehead atoms. The van der Waals surface area contributed by atoms with Gasteiger partial charge in [0.2, 0.25) is 0 Å². The van der Waals surface area contributed by atoms with Gasteiger partial charge in [-0.05, 0) is 21.3 Å². The number of nitrogens with zero attached hydrogens (tertiary/aromatic N) is 2. The summed E-state index contributed by atoms with van der Waals surface area (Å²) < 4.78 is 2.96. The third-order valence-corrected chi connectivity index (χ3v) is 3.89. The van der Waals surface area contributed by atoms with Crippen molar-refractivity contribution in [2.24, 2.45) is 12.9 Å². The Bertz CT molecular complexity index is 450. The lowest BCUT2D eigenvalue weighted by atomic mass is 10.1. The Morgan fingerprint density at radius 1 is 1.60 bits per heavy atom. The van der Waals surface area contributed by atoms with Crippen molar-refractivity contribution in [1.82, 2.24) is 15.0 Å². The number of aryl methyl sites for hydroxylation is 1. The van der Waals surface area contributed by atoms with E-state index in [1.807, 2.05) is 23.2 Å². The SMILES string of the molecule is Cn1cnc(C(NN)c2cscc2Br)c1. The number of nitrogens with one attached hydrogen (secondary N) is 1. The van der Waals surface area contributed by atoms with Gasteiger partial charge in [-0.3, -0.25) is 5.84 Å². The standard InChI is InChI=1S/C9H11BrN4S/c1-14-2-8(12-5-14)9(13-11)6-3-15-4-7(6)10/h2-5,9,13H,11H2,1H3. The van der Waals surface area contributed by atoms with Crippen molar-refractivity contribution in [2.75, 3.05) is 0 Å². The van der Waals surface area contributed by atoms with Crippen molar-refractivity contribution in [3.63, 3.8) is 0 Å². The molecular weight excluding hydrogens is 276 g/mol. The molecule has 0 spiro atoms. The Kier molecular flexibility index (Phi) is 3.20. The highest BCUT2D eigenvalue weighted by Gasteiger charge is 2.18. The van der Waals surface area contributed by atoms with Crippen molar-refractivity contribution in [2.45, 2.75) is 6.04 Å². The summed E-state index contributed by atoms with van der Waals surface area (Å²) in [6.07, 6.45) is 3.72. The summed E-state index contributed by atoms with van der Waals surface area (Å²) in [4.78, 5) is 4.29. The summed E-state index contributed by atoms with van der Waals surface area (Å²) >= 11 is 5.13. The van der Waals surface area contributed by atoms with E-state index in [1.165, 1.54) is 0 Å². The molecule has 3 N–H and O–H groups in total. The molecule has 2 heterocycles. The third-order valence-electron chi connectivity index (χ3n) is 2.14. The molecule has 0 radical (unpaired) electrons. The van der Waals surface area contributed by atoms with Crippen LogP contribution in [-0.2, 0) is 7.05 Å². The molecule has 0 aliphatic heterocycles. The van der Waals surface area contributed by atoms with E-state index < -0.39 is 0 Å². The van der Waals surface area contributed by atoms with Crippen molar-refractivity contribution in [3.8, 4) is 0 Å². The second kappa shape index (κ2) is 4.44. The fourth-order valence-corrected chi connectivity index (χ4v) is 2.97. The number of aromatic nitrogens is 2. The molecular formula is C9H11BrN4S. The number of imidazole rings is 1. The molecule has 0 amide bonds. The Morgan fingerprint density at radius 2 is 2.40 bits per heavy atom. The highest BCUT2D eigenvalue weighted by molar-refractivity contribution is 9.10. The van der Waals surface area contributed by atoms with Crippen LogP contribution in [0.2, 0.25) is 0 Å². The van der Waals surface area contributed by atoms with Gasteiger partial charge in [0.25, 0.3) is 0 Å². The Labute approximate surface area is 100 Å². The highest BCUT2D eigenvalue weighted by Crippen LogP contribution is 2.30. The van der Waals surface area contributed by atoms with Gasteiger partial charge in [-0.15, -0.1) is 0 Å². The Balaban J connectivity index is 2.36. The number of halogens is 1. The van der Waals surface area contributed by atoms with Crippen LogP contribution in [0, 0.1) is 0 Å². The van der Waals surface area contributed by atoms with E-state index in [0.29, 0.717) is 0 Å². The first kappa shape index (κ1) is 10.8. The first-order valence-electron chi connectivity index (χ1n) is 4.38. The maximum Gasteiger partial charge on any atom is 0.0947 e. The van der Waals surface area contributed by atoms with E-state index in [9.17, 15) is 0 Å². The summed E-state index contributed by atoms with van der Waals surface area (Å²) in [7, 11) is 1.94. The van der Waals surface area contributed by atoms with E-state index in [-0.39, 0.29) is 6.04 Å². The van der Waals surface area contributed by atoms with Gasteiger partial charge in [-0.1, -0.05) is 0 Å².